The van der Waals surface area contributed by atoms with E-state index in [0.717, 1.165) is 28.7 Å². The zero-order valence-corrected chi connectivity index (χ0v) is 16.3. The number of thiazole rings is 1. The molecule has 140 valence electrons. The molecule has 0 unspecified atom stereocenters. The fraction of sp³-hybridized carbons (Fsp3) is 0.238. The molecule has 3 rings (SSSR count). The van der Waals surface area contributed by atoms with Gasteiger partial charge < -0.3 is 15.0 Å². The zero-order chi connectivity index (χ0) is 19.1. The molecule has 27 heavy (non-hydrogen) atoms. The van der Waals surface area contributed by atoms with Gasteiger partial charge in [-0.15, -0.1) is 11.3 Å². The standard InChI is InChI=1S/C21H23N3O2S/c1-16-23-18(15-27-16)14-26-20-10-8-17(9-11-20)21(25)22-12-13-24(2)19-6-4-3-5-7-19/h3-11,15H,12-14H2,1-2H3,(H,22,25). The van der Waals surface area contributed by atoms with Crippen molar-refractivity contribution in [1.29, 1.82) is 0 Å². The third kappa shape index (κ3) is 5.56. The number of benzene rings is 2. The molecule has 1 amide bonds. The number of para-hydroxylation sites is 1. The average Bonchev–Trinajstić information content (AvgIpc) is 3.12. The number of hydrogen-bond donors (Lipinski definition) is 1. The van der Waals surface area contributed by atoms with Crippen LogP contribution in [0, 0.1) is 6.92 Å². The number of hydrogen-bond acceptors (Lipinski definition) is 5. The minimum Gasteiger partial charge on any atom is -0.487 e. The fourth-order valence-electron chi connectivity index (χ4n) is 2.59. The van der Waals surface area contributed by atoms with Crippen LogP contribution in [-0.4, -0.2) is 31.0 Å². The van der Waals surface area contributed by atoms with E-state index in [-0.39, 0.29) is 5.91 Å². The van der Waals surface area contributed by atoms with Gasteiger partial charge in [0.1, 0.15) is 12.4 Å². The number of ether oxygens (including phenoxy) is 1. The first kappa shape index (κ1) is 18.9. The Morgan fingerprint density at radius 1 is 1.15 bits per heavy atom. The van der Waals surface area contributed by atoms with Crippen molar-refractivity contribution in [2.24, 2.45) is 0 Å². The van der Waals surface area contributed by atoms with E-state index < -0.39 is 0 Å². The minimum absolute atomic E-state index is 0.0851. The summed E-state index contributed by atoms with van der Waals surface area (Å²) in [5.74, 6) is 0.638. The molecule has 0 spiro atoms. The smallest absolute Gasteiger partial charge is 0.251 e. The molecule has 0 aliphatic rings. The van der Waals surface area contributed by atoms with E-state index in [4.69, 9.17) is 4.74 Å². The van der Waals surface area contributed by atoms with E-state index in [9.17, 15) is 4.79 Å². The molecular weight excluding hydrogens is 358 g/mol. The molecule has 0 radical (unpaired) electrons. The second-order valence-electron chi connectivity index (χ2n) is 6.18. The van der Waals surface area contributed by atoms with Crippen molar-refractivity contribution in [2.45, 2.75) is 13.5 Å². The molecule has 3 aromatic rings. The minimum atomic E-state index is -0.0851. The maximum atomic E-state index is 12.3. The number of nitrogens with one attached hydrogen (secondary N) is 1. The van der Waals surface area contributed by atoms with Gasteiger partial charge in [0.05, 0.1) is 10.7 Å². The number of rotatable bonds is 8. The lowest BCUT2D eigenvalue weighted by Gasteiger charge is -2.19. The Labute approximate surface area is 163 Å². The lowest BCUT2D eigenvalue weighted by atomic mass is 10.2. The Bertz CT molecular complexity index is 863. The summed E-state index contributed by atoms with van der Waals surface area (Å²) < 4.78 is 5.71. The third-order valence-corrected chi connectivity index (χ3v) is 4.92. The van der Waals surface area contributed by atoms with Crippen molar-refractivity contribution < 1.29 is 9.53 Å². The van der Waals surface area contributed by atoms with Gasteiger partial charge in [-0.1, -0.05) is 18.2 Å². The second kappa shape index (κ2) is 9.19. The summed E-state index contributed by atoms with van der Waals surface area (Å²) in [5.41, 5.74) is 2.67. The molecule has 0 bridgehead atoms. The first-order valence-electron chi connectivity index (χ1n) is 8.80. The highest BCUT2D eigenvalue weighted by atomic mass is 32.1. The van der Waals surface area contributed by atoms with Crippen molar-refractivity contribution in [3.63, 3.8) is 0 Å². The van der Waals surface area contributed by atoms with Crippen molar-refractivity contribution >= 4 is 22.9 Å². The van der Waals surface area contributed by atoms with E-state index in [1.165, 1.54) is 0 Å². The zero-order valence-electron chi connectivity index (χ0n) is 15.5. The van der Waals surface area contributed by atoms with Crippen LogP contribution < -0.4 is 15.0 Å². The lowest BCUT2D eigenvalue weighted by molar-refractivity contribution is 0.0954. The molecule has 1 N–H and O–H groups in total. The van der Waals surface area contributed by atoms with Crippen LogP contribution in [0.3, 0.4) is 0 Å². The number of amides is 1. The Hall–Kier alpha value is -2.86. The number of carbonyl (C=O) groups is 1. The van der Waals surface area contributed by atoms with E-state index >= 15 is 0 Å². The van der Waals surface area contributed by atoms with Crippen molar-refractivity contribution in [1.82, 2.24) is 10.3 Å². The molecule has 1 aromatic heterocycles. The molecule has 0 aliphatic carbocycles. The topological polar surface area (TPSA) is 54.5 Å². The Morgan fingerprint density at radius 3 is 2.56 bits per heavy atom. The monoisotopic (exact) mass is 381 g/mol. The van der Waals surface area contributed by atoms with Crippen LogP contribution in [-0.2, 0) is 6.61 Å². The molecule has 0 saturated carbocycles. The highest BCUT2D eigenvalue weighted by molar-refractivity contribution is 7.09. The number of likely N-dealkylation sites (N-methyl/N-ethyl adjacent to an activating group) is 1. The van der Waals surface area contributed by atoms with Crippen LogP contribution >= 0.6 is 11.3 Å². The maximum Gasteiger partial charge on any atom is 0.251 e. The molecule has 0 fully saturated rings. The van der Waals surface area contributed by atoms with Gasteiger partial charge in [-0.25, -0.2) is 4.98 Å². The SMILES string of the molecule is Cc1nc(COc2ccc(C(=O)NCCN(C)c3ccccc3)cc2)cs1. The summed E-state index contributed by atoms with van der Waals surface area (Å²) in [6.07, 6.45) is 0. The lowest BCUT2D eigenvalue weighted by Crippen LogP contribution is -2.32. The summed E-state index contributed by atoms with van der Waals surface area (Å²) >= 11 is 1.61. The van der Waals surface area contributed by atoms with Crippen LogP contribution in [0.5, 0.6) is 5.75 Å². The van der Waals surface area contributed by atoms with E-state index in [2.05, 4.69) is 15.2 Å². The number of carbonyl (C=O) groups excluding carboxylic acids is 1. The van der Waals surface area contributed by atoms with Crippen LogP contribution in [0.2, 0.25) is 0 Å². The largest absolute Gasteiger partial charge is 0.487 e. The maximum absolute atomic E-state index is 12.3. The first-order valence-corrected chi connectivity index (χ1v) is 9.68. The molecular formula is C21H23N3O2S. The highest BCUT2D eigenvalue weighted by Crippen LogP contribution is 2.15. The van der Waals surface area contributed by atoms with Gasteiger partial charge in [0.25, 0.3) is 5.91 Å². The van der Waals surface area contributed by atoms with Gasteiger partial charge in [0.2, 0.25) is 0 Å². The third-order valence-electron chi connectivity index (χ3n) is 4.10. The van der Waals surface area contributed by atoms with Crippen molar-refractivity contribution in [3.8, 4) is 5.75 Å². The van der Waals surface area contributed by atoms with E-state index in [1.54, 1.807) is 23.5 Å². The summed E-state index contributed by atoms with van der Waals surface area (Å²) in [6, 6.07) is 17.3. The molecule has 5 nitrogen and oxygen atoms in total. The van der Waals surface area contributed by atoms with Gasteiger partial charge >= 0.3 is 0 Å². The van der Waals surface area contributed by atoms with Crippen LogP contribution in [0.4, 0.5) is 5.69 Å². The van der Waals surface area contributed by atoms with Crippen molar-refractivity contribution in [3.05, 3.63) is 76.2 Å². The molecule has 0 aliphatic heterocycles. The van der Waals surface area contributed by atoms with Crippen LogP contribution in [0.25, 0.3) is 0 Å². The summed E-state index contributed by atoms with van der Waals surface area (Å²) in [4.78, 5) is 18.8. The van der Waals surface area contributed by atoms with Crippen molar-refractivity contribution in [2.75, 3.05) is 25.0 Å². The fourth-order valence-corrected chi connectivity index (χ4v) is 3.18. The predicted octanol–water partition coefficient (Wildman–Crippen LogP) is 3.90. The Morgan fingerprint density at radius 2 is 1.89 bits per heavy atom. The Kier molecular flexibility index (Phi) is 6.44. The number of nitrogens with zero attached hydrogens (tertiary/aromatic N) is 2. The van der Waals surface area contributed by atoms with Gasteiger partial charge in [0.15, 0.2) is 0 Å². The highest BCUT2D eigenvalue weighted by Gasteiger charge is 2.07. The van der Waals surface area contributed by atoms with Gasteiger partial charge in [-0.3, -0.25) is 4.79 Å². The second-order valence-corrected chi connectivity index (χ2v) is 7.25. The number of aromatic nitrogens is 1. The summed E-state index contributed by atoms with van der Waals surface area (Å²) in [5, 5.41) is 5.97. The molecule has 0 atom stereocenters. The molecule has 2 aromatic carbocycles. The van der Waals surface area contributed by atoms with E-state index in [1.807, 2.05) is 61.8 Å². The van der Waals surface area contributed by atoms with Gasteiger partial charge in [-0.2, -0.15) is 0 Å². The first-order chi connectivity index (χ1) is 13.1. The predicted molar refractivity (Wildman–Crippen MR) is 110 cm³/mol. The van der Waals surface area contributed by atoms with E-state index in [0.29, 0.717) is 18.7 Å². The van der Waals surface area contributed by atoms with Crippen LogP contribution in [0.1, 0.15) is 21.1 Å². The van der Waals surface area contributed by atoms with Gasteiger partial charge in [-0.05, 0) is 43.3 Å². The number of anilines is 1. The average molecular weight is 382 g/mol. The molecule has 6 heteroatoms. The Balaban J connectivity index is 1.44. The molecule has 0 saturated heterocycles. The number of aryl methyl sites for hydroxylation is 1. The molecule has 1 heterocycles. The van der Waals surface area contributed by atoms with Gasteiger partial charge in [0, 0.05) is 36.8 Å². The normalized spacial score (nSPS) is 10.4. The summed E-state index contributed by atoms with van der Waals surface area (Å²) in [6.45, 7) is 3.72. The summed E-state index contributed by atoms with van der Waals surface area (Å²) in [7, 11) is 2.01. The quantitative estimate of drug-likeness (QED) is 0.643. The van der Waals surface area contributed by atoms with Crippen LogP contribution in [0.15, 0.2) is 60.0 Å².